The van der Waals surface area contributed by atoms with E-state index in [1.54, 1.807) is 0 Å². The third-order valence-corrected chi connectivity index (χ3v) is 7.67. The van der Waals surface area contributed by atoms with Crippen molar-refractivity contribution in [2.24, 2.45) is 5.92 Å². The van der Waals surface area contributed by atoms with Gasteiger partial charge in [0.1, 0.15) is 0 Å². The van der Waals surface area contributed by atoms with Gasteiger partial charge in [-0.1, -0.05) is 74.4 Å². The van der Waals surface area contributed by atoms with Crippen LogP contribution in [0.15, 0.2) is 84.9 Å². The van der Waals surface area contributed by atoms with E-state index >= 15 is 0 Å². The van der Waals surface area contributed by atoms with Crippen LogP contribution < -0.4 is 10.2 Å². The molecule has 1 aliphatic heterocycles. The van der Waals surface area contributed by atoms with Gasteiger partial charge in [-0.25, -0.2) is 0 Å². The van der Waals surface area contributed by atoms with Crippen LogP contribution in [0.25, 0.3) is 6.08 Å². The Labute approximate surface area is 210 Å². The molecule has 5 rings (SSSR count). The number of anilines is 3. The number of rotatable bonds is 7. The number of aryl methyl sites for hydroxylation is 1. The lowest BCUT2D eigenvalue weighted by molar-refractivity contribution is 0.0355. The van der Waals surface area contributed by atoms with Gasteiger partial charge in [0, 0.05) is 29.1 Å². The van der Waals surface area contributed by atoms with Gasteiger partial charge < -0.3 is 15.3 Å². The van der Waals surface area contributed by atoms with E-state index in [1.807, 2.05) is 0 Å². The van der Waals surface area contributed by atoms with Crippen molar-refractivity contribution < 1.29 is 5.11 Å². The van der Waals surface area contributed by atoms with Gasteiger partial charge in [-0.15, -0.1) is 0 Å². The van der Waals surface area contributed by atoms with Crippen LogP contribution in [-0.2, 0) is 6.42 Å². The lowest BCUT2D eigenvalue weighted by Crippen LogP contribution is -2.54. The number of fused-ring (bicyclic) bond motifs is 1. The highest BCUT2D eigenvalue weighted by Crippen LogP contribution is 2.35. The van der Waals surface area contributed by atoms with E-state index in [2.05, 4.69) is 108 Å². The molecule has 1 aliphatic carbocycles. The fourth-order valence-corrected chi connectivity index (χ4v) is 5.80. The maximum Gasteiger partial charge on any atom is 0.0696 e. The standard InChI is InChI=1S/C32H38N2O/c1-2-7-24-13-20-29(21-14-24)34(28-9-4-3-5-10-28)30-22-15-25(16-23-30)12-18-27-19-17-26-8-6-11-31(35)32(26)33-27/h3-5,9-10,12-16,18,20-23,26-27,31-33,35H,2,6-8,11,17,19H2,1H3/b18-12+. The fourth-order valence-electron chi connectivity index (χ4n) is 5.80. The van der Waals surface area contributed by atoms with Crippen LogP contribution in [0, 0.1) is 5.92 Å². The lowest BCUT2D eigenvalue weighted by atomic mass is 9.76. The Morgan fingerprint density at radius 1 is 0.829 bits per heavy atom. The summed E-state index contributed by atoms with van der Waals surface area (Å²) in [4.78, 5) is 2.32. The number of aliphatic hydroxyl groups is 1. The Bertz CT molecular complexity index is 1090. The minimum absolute atomic E-state index is 0.191. The van der Waals surface area contributed by atoms with E-state index < -0.39 is 0 Å². The highest BCUT2D eigenvalue weighted by atomic mass is 16.3. The van der Waals surface area contributed by atoms with Crippen LogP contribution in [0.1, 0.15) is 56.6 Å². The smallest absolute Gasteiger partial charge is 0.0696 e. The molecule has 2 aliphatic rings. The van der Waals surface area contributed by atoms with E-state index in [0.29, 0.717) is 12.0 Å². The van der Waals surface area contributed by atoms with Crippen LogP contribution in [0.4, 0.5) is 17.1 Å². The van der Waals surface area contributed by atoms with Gasteiger partial charge in [0.05, 0.1) is 6.10 Å². The second kappa shape index (κ2) is 11.2. The van der Waals surface area contributed by atoms with E-state index in [9.17, 15) is 5.11 Å². The predicted molar refractivity (Wildman–Crippen MR) is 147 cm³/mol. The number of para-hydroxylation sites is 1. The van der Waals surface area contributed by atoms with Crippen LogP contribution in [-0.4, -0.2) is 23.3 Å². The summed E-state index contributed by atoms with van der Waals surface area (Å²) in [7, 11) is 0. The molecule has 3 heteroatoms. The van der Waals surface area contributed by atoms with Gasteiger partial charge in [-0.2, -0.15) is 0 Å². The maximum atomic E-state index is 10.4. The van der Waals surface area contributed by atoms with Crippen molar-refractivity contribution in [3.8, 4) is 0 Å². The Morgan fingerprint density at radius 2 is 1.51 bits per heavy atom. The van der Waals surface area contributed by atoms with Crippen LogP contribution in [0.5, 0.6) is 0 Å². The molecule has 4 unspecified atom stereocenters. The number of nitrogens with one attached hydrogen (secondary N) is 1. The number of aliphatic hydroxyl groups excluding tert-OH is 1. The van der Waals surface area contributed by atoms with Crippen molar-refractivity contribution in [1.29, 1.82) is 0 Å². The molecular formula is C32H38N2O. The first-order valence-corrected chi connectivity index (χ1v) is 13.4. The van der Waals surface area contributed by atoms with Crippen LogP contribution in [0.2, 0.25) is 0 Å². The molecule has 182 valence electrons. The second-order valence-electron chi connectivity index (χ2n) is 10.2. The van der Waals surface area contributed by atoms with E-state index in [0.717, 1.165) is 37.1 Å². The van der Waals surface area contributed by atoms with Gasteiger partial charge in [0.2, 0.25) is 0 Å². The number of hydrogen-bond donors (Lipinski definition) is 2. The van der Waals surface area contributed by atoms with Crippen LogP contribution >= 0.6 is 0 Å². The second-order valence-corrected chi connectivity index (χ2v) is 10.2. The maximum absolute atomic E-state index is 10.4. The zero-order valence-corrected chi connectivity index (χ0v) is 20.8. The largest absolute Gasteiger partial charge is 0.391 e. The first kappa shape index (κ1) is 23.8. The highest BCUT2D eigenvalue weighted by Gasteiger charge is 2.36. The molecule has 4 atom stereocenters. The molecule has 0 aromatic heterocycles. The normalized spacial score (nSPS) is 24.3. The molecule has 3 aromatic carbocycles. The molecule has 0 amide bonds. The Balaban J connectivity index is 1.32. The average Bonchev–Trinajstić information content (AvgIpc) is 2.90. The summed E-state index contributed by atoms with van der Waals surface area (Å²) in [5.41, 5.74) is 6.07. The quantitative estimate of drug-likeness (QED) is 0.381. The number of benzene rings is 3. The monoisotopic (exact) mass is 466 g/mol. The summed E-state index contributed by atoms with van der Waals surface area (Å²) in [6.45, 7) is 2.22. The first-order chi connectivity index (χ1) is 17.2. The molecule has 3 aromatic rings. The topological polar surface area (TPSA) is 35.5 Å². The van der Waals surface area contributed by atoms with Gasteiger partial charge in [-0.05, 0) is 85.5 Å². The molecule has 0 spiro atoms. The van der Waals surface area contributed by atoms with Gasteiger partial charge in [0.15, 0.2) is 0 Å². The number of hydrogen-bond acceptors (Lipinski definition) is 3. The zero-order chi connectivity index (χ0) is 24.0. The molecule has 0 bridgehead atoms. The summed E-state index contributed by atoms with van der Waals surface area (Å²) in [6.07, 6.45) is 12.3. The fraction of sp³-hybridized carbons (Fsp3) is 0.375. The minimum Gasteiger partial charge on any atom is -0.391 e. The molecule has 35 heavy (non-hydrogen) atoms. The molecule has 0 radical (unpaired) electrons. The Hall–Kier alpha value is -2.88. The lowest BCUT2D eigenvalue weighted by Gasteiger charge is -2.42. The molecule has 1 saturated heterocycles. The number of piperidine rings is 1. The third kappa shape index (κ3) is 5.69. The minimum atomic E-state index is -0.191. The van der Waals surface area contributed by atoms with Crippen molar-refractivity contribution in [2.75, 3.05) is 4.90 Å². The summed E-state index contributed by atoms with van der Waals surface area (Å²) in [5, 5.41) is 14.1. The number of nitrogens with zero attached hydrogens (tertiary/aromatic N) is 1. The van der Waals surface area contributed by atoms with Crippen molar-refractivity contribution >= 4 is 23.1 Å². The van der Waals surface area contributed by atoms with E-state index in [4.69, 9.17) is 0 Å². The SMILES string of the molecule is CCCc1ccc(N(c2ccccc2)c2ccc(/C=C/C3CCC4CCCC(O)C4N3)cc2)cc1. The summed E-state index contributed by atoms with van der Waals surface area (Å²) < 4.78 is 0. The molecule has 1 saturated carbocycles. The average molecular weight is 467 g/mol. The molecule has 2 fully saturated rings. The molecule has 3 nitrogen and oxygen atoms in total. The van der Waals surface area contributed by atoms with Crippen molar-refractivity contribution in [2.45, 2.75) is 70.1 Å². The van der Waals surface area contributed by atoms with E-state index in [1.165, 1.54) is 36.1 Å². The van der Waals surface area contributed by atoms with E-state index in [-0.39, 0.29) is 12.1 Å². The molecular weight excluding hydrogens is 428 g/mol. The zero-order valence-electron chi connectivity index (χ0n) is 20.8. The predicted octanol–water partition coefficient (Wildman–Crippen LogP) is 7.40. The Kier molecular flexibility index (Phi) is 7.66. The summed E-state index contributed by atoms with van der Waals surface area (Å²) in [6, 6.07) is 29.0. The first-order valence-electron chi connectivity index (χ1n) is 13.4. The van der Waals surface area contributed by atoms with Crippen molar-refractivity contribution in [3.05, 3.63) is 96.1 Å². The van der Waals surface area contributed by atoms with Crippen molar-refractivity contribution in [1.82, 2.24) is 5.32 Å². The Morgan fingerprint density at radius 3 is 2.23 bits per heavy atom. The van der Waals surface area contributed by atoms with Gasteiger partial charge in [0.25, 0.3) is 0 Å². The van der Waals surface area contributed by atoms with Crippen molar-refractivity contribution in [3.63, 3.8) is 0 Å². The van der Waals surface area contributed by atoms with Gasteiger partial charge in [-0.3, -0.25) is 0 Å². The molecule has 1 heterocycles. The van der Waals surface area contributed by atoms with Crippen LogP contribution in [0.3, 0.4) is 0 Å². The summed E-state index contributed by atoms with van der Waals surface area (Å²) >= 11 is 0. The highest BCUT2D eigenvalue weighted by molar-refractivity contribution is 5.77. The summed E-state index contributed by atoms with van der Waals surface area (Å²) in [5.74, 6) is 0.641. The van der Waals surface area contributed by atoms with Gasteiger partial charge >= 0.3 is 0 Å². The molecule has 2 N–H and O–H groups in total. The third-order valence-electron chi connectivity index (χ3n) is 7.67.